The van der Waals surface area contributed by atoms with Crippen molar-refractivity contribution in [3.63, 3.8) is 0 Å². The minimum Gasteiger partial charge on any atom is -0.535 e. The maximum absolute atomic E-state index is 13.6. The Labute approximate surface area is 255 Å². The van der Waals surface area contributed by atoms with Crippen molar-refractivity contribution < 1.29 is 46.8 Å². The summed E-state index contributed by atoms with van der Waals surface area (Å²) >= 11 is 1.00. The number of amides is 1. The van der Waals surface area contributed by atoms with Crippen molar-refractivity contribution in [2.24, 2.45) is 0 Å². The summed E-state index contributed by atoms with van der Waals surface area (Å²) in [5.74, 6) is -2.73. The van der Waals surface area contributed by atoms with Crippen LogP contribution in [0.1, 0.15) is 61.3 Å². The van der Waals surface area contributed by atoms with E-state index in [0.717, 1.165) is 15.8 Å². The summed E-state index contributed by atoms with van der Waals surface area (Å²) in [6.45, 7) is 9.49. The first kappa shape index (κ1) is 32.9. The number of Topliss-reactive ketones (excluding diaryl/α,β-unsaturated/α-hetero) is 1. The van der Waals surface area contributed by atoms with Crippen molar-refractivity contribution in [3.05, 3.63) is 40.4 Å². The number of carbonyl (C=O) groups is 3. The quantitative estimate of drug-likeness (QED) is 0.352. The van der Waals surface area contributed by atoms with Crippen LogP contribution >= 0.6 is 11.3 Å². The summed E-state index contributed by atoms with van der Waals surface area (Å²) in [4.78, 5) is 42.6. The molecule has 3 heterocycles. The predicted molar refractivity (Wildman–Crippen MR) is 160 cm³/mol. The lowest BCUT2D eigenvalue weighted by Gasteiger charge is -2.42. The fourth-order valence-electron chi connectivity index (χ4n) is 4.42. The van der Waals surface area contributed by atoms with E-state index in [-0.39, 0.29) is 59.5 Å². The highest BCUT2D eigenvalue weighted by atomic mass is 32.2. The number of nitrogens with two attached hydrogens (primary N) is 1. The summed E-state index contributed by atoms with van der Waals surface area (Å²) in [6.07, 6.45) is -2.91. The molecule has 0 aliphatic carbocycles. The van der Waals surface area contributed by atoms with Crippen LogP contribution in [0.2, 0.25) is 23.9 Å². The SMILES string of the molecule is CC(C)(C)[Si](C)(C)ON1CCCN(C(=O)OC(C(=O)C[C@H]2Cc3cccc(C(=O)O)c3OB2O)c2csc(N)n2)S1(=O)=O. The number of anilines is 1. The summed E-state index contributed by atoms with van der Waals surface area (Å²) in [6, 6.07) is 4.50. The number of carbonyl (C=O) groups excluding carboxylic acids is 2. The van der Waals surface area contributed by atoms with Gasteiger partial charge in [-0.15, -0.1) is 11.3 Å². The molecule has 4 N–H and O–H groups in total. The number of aromatic nitrogens is 1. The fourth-order valence-corrected chi connectivity index (χ4v) is 7.97. The molecule has 0 bridgehead atoms. The van der Waals surface area contributed by atoms with Gasteiger partial charge >= 0.3 is 29.4 Å². The van der Waals surface area contributed by atoms with Gasteiger partial charge in [0.1, 0.15) is 11.4 Å². The molecule has 1 fully saturated rings. The van der Waals surface area contributed by atoms with E-state index < -0.39 is 55.4 Å². The first-order valence-corrected chi connectivity index (χ1v) is 18.7. The Morgan fingerprint density at radius 1 is 1.28 bits per heavy atom. The van der Waals surface area contributed by atoms with E-state index in [2.05, 4.69) is 4.98 Å². The molecular formula is C25H35BN4O10S2Si. The largest absolute Gasteiger partial charge is 0.535 e. The molecule has 43 heavy (non-hydrogen) atoms. The van der Waals surface area contributed by atoms with Crippen LogP contribution in [0, 0.1) is 0 Å². The van der Waals surface area contributed by atoms with Gasteiger partial charge in [0.2, 0.25) is 14.4 Å². The van der Waals surface area contributed by atoms with E-state index in [9.17, 15) is 32.9 Å². The molecule has 4 rings (SSSR count). The molecule has 1 saturated heterocycles. The third kappa shape index (κ3) is 6.88. The fraction of sp³-hybridized carbons (Fsp3) is 0.520. The number of nitrogens with zero attached hydrogens (tertiary/aromatic N) is 3. The van der Waals surface area contributed by atoms with Crippen LogP contribution in [0.3, 0.4) is 0 Å². The highest BCUT2D eigenvalue weighted by Crippen LogP contribution is 2.40. The summed E-state index contributed by atoms with van der Waals surface area (Å²) in [5, 5.41) is 21.3. The van der Waals surface area contributed by atoms with Crippen molar-refractivity contribution in [2.75, 3.05) is 18.8 Å². The van der Waals surface area contributed by atoms with E-state index in [0.29, 0.717) is 9.87 Å². The average Bonchev–Trinajstić information content (AvgIpc) is 3.33. The van der Waals surface area contributed by atoms with Gasteiger partial charge in [0.15, 0.2) is 10.9 Å². The Morgan fingerprint density at radius 3 is 2.58 bits per heavy atom. The van der Waals surface area contributed by atoms with Gasteiger partial charge in [-0.3, -0.25) is 4.79 Å². The minimum absolute atomic E-state index is 0.00409. The number of rotatable bonds is 8. The lowest BCUT2D eigenvalue weighted by atomic mass is 9.64. The van der Waals surface area contributed by atoms with Crippen LogP contribution < -0.4 is 10.4 Å². The second-order valence-corrected chi connectivity index (χ2v) is 19.3. The number of carboxylic acids is 1. The highest BCUT2D eigenvalue weighted by molar-refractivity contribution is 7.87. The molecule has 14 nitrogen and oxygen atoms in total. The number of carboxylic acid groups (broad SMARTS) is 1. The standard InChI is InChI=1S/C25H35BN4O10S2Si/c1-25(2,3)43(4,5)40-30-11-7-10-29(42(30,36)37)24(34)38-21(18-14-41-23(27)28-18)19(31)13-16-12-15-8-6-9-17(22(32)33)20(15)39-26(16)35/h6,8-9,14,16,21,35H,7,10-13H2,1-5H3,(H2,27,28)(H,32,33)/t16-,21?/m1/s1. The molecule has 2 aromatic rings. The molecule has 18 heteroatoms. The van der Waals surface area contributed by atoms with Crippen LogP contribution in [-0.4, -0.2) is 78.7 Å². The van der Waals surface area contributed by atoms with E-state index in [1.54, 1.807) is 6.07 Å². The van der Waals surface area contributed by atoms with Gasteiger partial charge in [0.25, 0.3) is 0 Å². The Morgan fingerprint density at radius 2 is 1.98 bits per heavy atom. The number of hydrogen-bond donors (Lipinski definition) is 3. The van der Waals surface area contributed by atoms with Gasteiger partial charge < -0.3 is 29.8 Å². The third-order valence-electron chi connectivity index (χ3n) is 7.81. The van der Waals surface area contributed by atoms with Crippen molar-refractivity contribution in [1.82, 2.24) is 13.8 Å². The zero-order valence-electron chi connectivity index (χ0n) is 24.5. The molecule has 0 radical (unpaired) electrons. The van der Waals surface area contributed by atoms with Crippen LogP contribution in [0.4, 0.5) is 9.93 Å². The van der Waals surface area contributed by atoms with Gasteiger partial charge in [0.05, 0.1) is 5.56 Å². The number of fused-ring (bicyclic) bond motifs is 1. The van der Waals surface area contributed by atoms with E-state index in [4.69, 9.17) is 19.7 Å². The summed E-state index contributed by atoms with van der Waals surface area (Å²) < 4.78 is 45.2. The van der Waals surface area contributed by atoms with Gasteiger partial charge in [-0.2, -0.15) is 12.7 Å². The van der Waals surface area contributed by atoms with Crippen LogP contribution in [0.25, 0.3) is 0 Å². The molecule has 2 atom stereocenters. The minimum atomic E-state index is -4.44. The Hall–Kier alpha value is -3.03. The lowest BCUT2D eigenvalue weighted by Crippen LogP contribution is -2.57. The number of para-hydroxylation sites is 1. The number of thiazole rings is 1. The van der Waals surface area contributed by atoms with Crippen LogP contribution in [0.15, 0.2) is 23.6 Å². The second kappa shape index (κ2) is 12.2. The Balaban J connectivity index is 1.54. The number of benzene rings is 1. The van der Waals surface area contributed by atoms with Crippen molar-refractivity contribution in [3.8, 4) is 5.75 Å². The number of hydroxylamine groups is 1. The van der Waals surface area contributed by atoms with Gasteiger partial charge in [-0.25, -0.2) is 14.6 Å². The topological polar surface area (TPSA) is 199 Å². The zero-order chi connectivity index (χ0) is 31.9. The average molecular weight is 655 g/mol. The van der Waals surface area contributed by atoms with Crippen LogP contribution in [0.5, 0.6) is 5.75 Å². The van der Waals surface area contributed by atoms with Gasteiger partial charge in [-0.1, -0.05) is 37.4 Å². The van der Waals surface area contributed by atoms with E-state index >= 15 is 0 Å². The monoisotopic (exact) mass is 654 g/mol. The lowest BCUT2D eigenvalue weighted by molar-refractivity contribution is -0.128. The number of ether oxygens (including phenoxy) is 1. The Kier molecular flexibility index (Phi) is 9.30. The maximum atomic E-state index is 13.6. The molecule has 1 unspecified atom stereocenters. The smallest absolute Gasteiger partial charge is 0.526 e. The number of nitrogen functional groups attached to an aromatic ring is 1. The Bertz CT molecular complexity index is 1510. The second-order valence-electron chi connectivity index (χ2n) is 11.9. The van der Waals surface area contributed by atoms with E-state index in [1.807, 2.05) is 33.9 Å². The third-order valence-corrected chi connectivity index (χ3v) is 14.6. The van der Waals surface area contributed by atoms with Gasteiger partial charge in [0, 0.05) is 30.7 Å². The van der Waals surface area contributed by atoms with Gasteiger partial charge in [-0.05, 0) is 42.6 Å². The van der Waals surface area contributed by atoms with Crippen molar-refractivity contribution in [1.29, 1.82) is 0 Å². The number of aromatic carboxylic acids is 1. The molecule has 234 valence electrons. The molecule has 0 saturated carbocycles. The number of ketones is 1. The van der Waals surface area contributed by atoms with Crippen molar-refractivity contribution in [2.45, 2.75) is 70.1 Å². The maximum Gasteiger partial charge on any atom is 0.526 e. The zero-order valence-corrected chi connectivity index (χ0v) is 27.1. The molecule has 0 spiro atoms. The molecule has 1 amide bonds. The molecule has 2 aliphatic heterocycles. The summed E-state index contributed by atoms with van der Waals surface area (Å²) in [7, 11) is -8.56. The molecule has 1 aromatic heterocycles. The summed E-state index contributed by atoms with van der Waals surface area (Å²) in [5.41, 5.74) is 6.13. The first-order valence-electron chi connectivity index (χ1n) is 13.6. The number of hydrogen-bond acceptors (Lipinski definition) is 12. The molecular weight excluding hydrogens is 619 g/mol. The molecule has 1 aromatic carbocycles. The van der Waals surface area contributed by atoms with Crippen molar-refractivity contribution >= 4 is 60.0 Å². The van der Waals surface area contributed by atoms with Crippen LogP contribution in [-0.2, 0) is 30.7 Å². The highest BCUT2D eigenvalue weighted by Gasteiger charge is 2.47. The normalized spacial score (nSPS) is 19.7. The van der Waals surface area contributed by atoms with E-state index in [1.165, 1.54) is 17.5 Å². The predicted octanol–water partition coefficient (Wildman–Crippen LogP) is 3.24. The first-order chi connectivity index (χ1) is 19.9. The molecule has 2 aliphatic rings.